The summed E-state index contributed by atoms with van der Waals surface area (Å²) in [5.74, 6) is 0.292. The second kappa shape index (κ2) is 8.68. The number of nitrogens with zero attached hydrogens (tertiary/aromatic N) is 2. The number of benzene rings is 2. The maximum absolute atomic E-state index is 12.2. The van der Waals surface area contributed by atoms with E-state index in [4.69, 9.17) is 4.74 Å². The zero-order valence-electron chi connectivity index (χ0n) is 15.2. The molecule has 0 unspecified atom stereocenters. The van der Waals surface area contributed by atoms with E-state index < -0.39 is 10.0 Å². The molecule has 2 N–H and O–H groups in total. The molecule has 1 aromatic heterocycles. The first kappa shape index (κ1) is 19.6. The van der Waals surface area contributed by atoms with Crippen molar-refractivity contribution in [1.29, 1.82) is 0 Å². The van der Waals surface area contributed by atoms with Gasteiger partial charge in [-0.3, -0.25) is 4.79 Å². The topological polar surface area (TPSA) is 102 Å². The van der Waals surface area contributed by atoms with E-state index in [9.17, 15) is 13.2 Å². The van der Waals surface area contributed by atoms with Crippen molar-refractivity contribution in [3.63, 3.8) is 0 Å². The summed E-state index contributed by atoms with van der Waals surface area (Å²) in [7, 11) is -2.14. The molecule has 8 nitrogen and oxygen atoms in total. The average Bonchev–Trinajstić information content (AvgIpc) is 3.26. The number of ether oxygens (including phenoxy) is 1. The highest BCUT2D eigenvalue weighted by Crippen LogP contribution is 2.15. The summed E-state index contributed by atoms with van der Waals surface area (Å²) < 4.78 is 33.6. The molecule has 3 rings (SSSR count). The molecular weight excluding hydrogens is 380 g/mol. The van der Waals surface area contributed by atoms with Gasteiger partial charge >= 0.3 is 0 Å². The van der Waals surface area contributed by atoms with E-state index in [1.807, 2.05) is 12.3 Å². The van der Waals surface area contributed by atoms with Crippen LogP contribution in [-0.4, -0.2) is 44.3 Å². The van der Waals surface area contributed by atoms with Crippen LogP contribution in [0.1, 0.15) is 10.4 Å². The van der Waals surface area contributed by atoms with Crippen LogP contribution in [0, 0.1) is 0 Å². The number of sulfonamides is 1. The first-order valence-corrected chi connectivity index (χ1v) is 10.00. The lowest BCUT2D eigenvalue weighted by Gasteiger charge is -2.09. The first-order valence-electron chi connectivity index (χ1n) is 8.51. The number of hydrogen-bond acceptors (Lipinski definition) is 5. The fourth-order valence-electron chi connectivity index (χ4n) is 2.49. The third-order valence-electron chi connectivity index (χ3n) is 3.97. The van der Waals surface area contributed by atoms with Crippen LogP contribution < -0.4 is 14.8 Å². The van der Waals surface area contributed by atoms with Crippen molar-refractivity contribution in [2.75, 3.05) is 20.2 Å². The van der Waals surface area contributed by atoms with Crippen LogP contribution in [-0.2, 0) is 10.0 Å². The van der Waals surface area contributed by atoms with Crippen molar-refractivity contribution >= 4 is 15.9 Å². The molecule has 0 aliphatic heterocycles. The van der Waals surface area contributed by atoms with Crippen molar-refractivity contribution in [2.24, 2.45) is 0 Å². The fourth-order valence-corrected chi connectivity index (χ4v) is 3.52. The Labute approximate surface area is 163 Å². The van der Waals surface area contributed by atoms with Gasteiger partial charge in [-0.05, 0) is 54.6 Å². The Morgan fingerprint density at radius 1 is 1.07 bits per heavy atom. The van der Waals surface area contributed by atoms with E-state index in [1.165, 1.54) is 19.2 Å². The van der Waals surface area contributed by atoms with Crippen molar-refractivity contribution in [3.05, 3.63) is 72.6 Å². The summed E-state index contributed by atoms with van der Waals surface area (Å²) >= 11 is 0. The zero-order chi connectivity index (χ0) is 20.0. The van der Waals surface area contributed by atoms with E-state index in [-0.39, 0.29) is 23.9 Å². The number of nitrogens with one attached hydrogen (secondary N) is 2. The fraction of sp³-hybridized carbons (Fsp3) is 0.158. The largest absolute Gasteiger partial charge is 0.497 e. The molecule has 0 fully saturated rings. The smallest absolute Gasteiger partial charge is 0.251 e. The molecule has 146 valence electrons. The molecule has 0 bridgehead atoms. The molecule has 0 spiro atoms. The molecule has 0 aliphatic carbocycles. The van der Waals surface area contributed by atoms with Gasteiger partial charge in [-0.15, -0.1) is 0 Å². The summed E-state index contributed by atoms with van der Waals surface area (Å²) in [6, 6.07) is 14.8. The van der Waals surface area contributed by atoms with E-state index in [0.717, 1.165) is 5.69 Å². The Morgan fingerprint density at radius 2 is 1.79 bits per heavy atom. The molecule has 0 aliphatic rings. The maximum atomic E-state index is 12.2. The highest BCUT2D eigenvalue weighted by molar-refractivity contribution is 7.89. The second-order valence-electron chi connectivity index (χ2n) is 5.83. The third kappa shape index (κ3) is 4.76. The normalized spacial score (nSPS) is 11.2. The van der Waals surface area contributed by atoms with E-state index in [2.05, 4.69) is 15.1 Å². The SMILES string of the molecule is COc1ccc(S(=O)(=O)NCCNC(=O)c2ccc(-n3cccn3)cc2)cc1. The van der Waals surface area contributed by atoms with E-state index in [1.54, 1.807) is 47.3 Å². The Morgan fingerprint density at radius 3 is 2.39 bits per heavy atom. The summed E-state index contributed by atoms with van der Waals surface area (Å²) in [4.78, 5) is 12.3. The highest BCUT2D eigenvalue weighted by atomic mass is 32.2. The number of methoxy groups -OCH3 is 1. The Kier molecular flexibility index (Phi) is 6.07. The van der Waals surface area contributed by atoms with Gasteiger partial charge in [0.25, 0.3) is 5.91 Å². The molecule has 0 saturated carbocycles. The Hall–Kier alpha value is -3.17. The molecule has 0 saturated heterocycles. The minimum Gasteiger partial charge on any atom is -0.497 e. The van der Waals surface area contributed by atoms with Gasteiger partial charge in [0, 0.05) is 31.0 Å². The van der Waals surface area contributed by atoms with Crippen molar-refractivity contribution in [1.82, 2.24) is 19.8 Å². The second-order valence-corrected chi connectivity index (χ2v) is 7.59. The predicted molar refractivity (Wildman–Crippen MR) is 104 cm³/mol. The number of carbonyl (C=O) groups excluding carboxylic acids is 1. The molecule has 9 heteroatoms. The molecule has 0 radical (unpaired) electrons. The number of rotatable bonds is 8. The van der Waals surface area contributed by atoms with E-state index >= 15 is 0 Å². The minimum absolute atomic E-state index is 0.0749. The zero-order valence-corrected chi connectivity index (χ0v) is 16.0. The van der Waals surface area contributed by atoms with Crippen LogP contribution >= 0.6 is 0 Å². The third-order valence-corrected chi connectivity index (χ3v) is 5.45. The molecule has 2 aromatic carbocycles. The summed E-state index contributed by atoms with van der Waals surface area (Å²) in [5, 5.41) is 6.81. The van der Waals surface area contributed by atoms with Crippen LogP contribution in [0.25, 0.3) is 5.69 Å². The average molecular weight is 400 g/mol. The van der Waals surface area contributed by atoms with Crippen LogP contribution in [0.4, 0.5) is 0 Å². The monoisotopic (exact) mass is 400 g/mol. The van der Waals surface area contributed by atoms with Crippen molar-refractivity contribution in [2.45, 2.75) is 4.90 Å². The molecule has 1 heterocycles. The van der Waals surface area contributed by atoms with Gasteiger partial charge in [-0.1, -0.05) is 0 Å². The molecule has 3 aromatic rings. The molecule has 0 atom stereocenters. The number of carbonyl (C=O) groups is 1. The van der Waals surface area contributed by atoms with Gasteiger partial charge < -0.3 is 10.1 Å². The predicted octanol–water partition coefficient (Wildman–Crippen LogP) is 1.59. The number of hydrogen-bond donors (Lipinski definition) is 2. The van der Waals surface area contributed by atoms with Gasteiger partial charge in [0.1, 0.15) is 5.75 Å². The van der Waals surface area contributed by atoms with Gasteiger partial charge in [0.05, 0.1) is 17.7 Å². The molecule has 28 heavy (non-hydrogen) atoms. The standard InChI is InChI=1S/C19H20N4O4S/c1-27-17-7-9-18(10-8-17)28(25,26)22-13-12-20-19(24)15-3-5-16(6-4-15)23-14-2-11-21-23/h2-11,14,22H,12-13H2,1H3,(H,20,24). The van der Waals surface area contributed by atoms with Crippen molar-refractivity contribution in [3.8, 4) is 11.4 Å². The van der Waals surface area contributed by atoms with Crippen LogP contribution in [0.3, 0.4) is 0 Å². The first-order chi connectivity index (χ1) is 13.5. The summed E-state index contributed by atoms with van der Waals surface area (Å²) in [5.41, 5.74) is 1.32. The maximum Gasteiger partial charge on any atom is 0.251 e. The quantitative estimate of drug-likeness (QED) is 0.559. The Bertz CT molecular complexity index is 1010. The lowest BCUT2D eigenvalue weighted by Crippen LogP contribution is -2.34. The Balaban J connectivity index is 1.49. The van der Waals surface area contributed by atoms with Crippen LogP contribution in [0.5, 0.6) is 5.75 Å². The van der Waals surface area contributed by atoms with Gasteiger partial charge in [0.15, 0.2) is 0 Å². The van der Waals surface area contributed by atoms with Gasteiger partial charge in [-0.25, -0.2) is 17.8 Å². The highest BCUT2D eigenvalue weighted by Gasteiger charge is 2.13. The molecule has 1 amide bonds. The van der Waals surface area contributed by atoms with E-state index in [0.29, 0.717) is 11.3 Å². The lowest BCUT2D eigenvalue weighted by atomic mass is 10.2. The summed E-state index contributed by atoms with van der Waals surface area (Å²) in [6.45, 7) is 0.237. The number of amides is 1. The van der Waals surface area contributed by atoms with Crippen LogP contribution in [0.15, 0.2) is 71.9 Å². The number of aromatic nitrogens is 2. The lowest BCUT2D eigenvalue weighted by molar-refractivity contribution is 0.0954. The minimum atomic E-state index is -3.65. The van der Waals surface area contributed by atoms with Crippen LogP contribution in [0.2, 0.25) is 0 Å². The van der Waals surface area contributed by atoms with Gasteiger partial charge in [-0.2, -0.15) is 5.10 Å². The summed E-state index contributed by atoms with van der Waals surface area (Å²) in [6.07, 6.45) is 3.48. The molecular formula is C19H20N4O4S. The van der Waals surface area contributed by atoms with Crippen molar-refractivity contribution < 1.29 is 17.9 Å². The van der Waals surface area contributed by atoms with Gasteiger partial charge in [0.2, 0.25) is 10.0 Å².